The van der Waals surface area contributed by atoms with Gasteiger partial charge in [0.1, 0.15) is 10.7 Å². The van der Waals surface area contributed by atoms with E-state index in [1.165, 1.54) is 22.9 Å². The molecule has 0 atom stereocenters. The van der Waals surface area contributed by atoms with Crippen molar-refractivity contribution in [3.63, 3.8) is 0 Å². The highest BCUT2D eigenvalue weighted by Crippen LogP contribution is 2.32. The SMILES string of the molecule is Cc1ccc(-c2nc(C(F)(F)F)cn2C2=C=C=C(S(C)(=O)=O)C=C2)cn1. The highest BCUT2D eigenvalue weighted by molar-refractivity contribution is 7.94. The van der Waals surface area contributed by atoms with E-state index >= 15 is 0 Å². The molecule has 1 aliphatic carbocycles. The summed E-state index contributed by atoms with van der Waals surface area (Å²) in [4.78, 5) is 7.65. The predicted octanol–water partition coefficient (Wildman–Crippen LogP) is 3.37. The first kappa shape index (κ1) is 17.9. The topological polar surface area (TPSA) is 64.8 Å². The number of halogens is 3. The molecular formula is C17H12F3N3O2S. The van der Waals surface area contributed by atoms with Gasteiger partial charge in [0, 0.05) is 29.9 Å². The Labute approximate surface area is 147 Å². The van der Waals surface area contributed by atoms with Gasteiger partial charge < -0.3 is 0 Å². The van der Waals surface area contributed by atoms with Crippen molar-refractivity contribution in [3.05, 3.63) is 64.4 Å². The van der Waals surface area contributed by atoms with Crippen LogP contribution in [-0.2, 0) is 16.0 Å². The van der Waals surface area contributed by atoms with Crippen LogP contribution in [0.1, 0.15) is 11.4 Å². The molecule has 0 amide bonds. The van der Waals surface area contributed by atoms with Gasteiger partial charge in [-0.15, -0.1) is 0 Å². The van der Waals surface area contributed by atoms with Crippen molar-refractivity contribution < 1.29 is 21.6 Å². The van der Waals surface area contributed by atoms with Gasteiger partial charge in [-0.2, -0.15) is 13.2 Å². The van der Waals surface area contributed by atoms with Crippen LogP contribution < -0.4 is 0 Å². The Balaban J connectivity index is 2.23. The minimum atomic E-state index is -4.63. The Morgan fingerprint density at radius 1 is 1.15 bits per heavy atom. The van der Waals surface area contributed by atoms with Crippen molar-refractivity contribution in [1.82, 2.24) is 14.5 Å². The third-order valence-electron chi connectivity index (χ3n) is 3.53. The minimum absolute atomic E-state index is 0.0154. The van der Waals surface area contributed by atoms with Crippen molar-refractivity contribution >= 4 is 15.5 Å². The summed E-state index contributed by atoms with van der Waals surface area (Å²) < 4.78 is 63.5. The Morgan fingerprint density at radius 2 is 1.88 bits per heavy atom. The Kier molecular flexibility index (Phi) is 4.24. The largest absolute Gasteiger partial charge is 0.434 e. The van der Waals surface area contributed by atoms with Gasteiger partial charge in [-0.1, -0.05) is 0 Å². The van der Waals surface area contributed by atoms with Gasteiger partial charge in [-0.05, 0) is 42.7 Å². The number of pyridine rings is 1. The first-order chi connectivity index (χ1) is 12.1. The van der Waals surface area contributed by atoms with Crippen LogP contribution in [0.25, 0.3) is 17.1 Å². The van der Waals surface area contributed by atoms with Crippen LogP contribution in [0.2, 0.25) is 0 Å². The molecule has 0 aliphatic heterocycles. The number of rotatable bonds is 3. The molecule has 2 aromatic rings. The number of hydrogen-bond donors (Lipinski definition) is 0. The number of sulfone groups is 1. The molecular weight excluding hydrogens is 367 g/mol. The summed E-state index contributed by atoms with van der Waals surface area (Å²) in [7, 11) is -3.49. The molecule has 5 nitrogen and oxygen atoms in total. The van der Waals surface area contributed by atoms with E-state index in [1.54, 1.807) is 19.1 Å². The average molecular weight is 379 g/mol. The maximum absolute atomic E-state index is 13.1. The lowest BCUT2D eigenvalue weighted by Crippen LogP contribution is -2.05. The van der Waals surface area contributed by atoms with Gasteiger partial charge in [0.05, 0.1) is 5.70 Å². The standard InChI is InChI=1S/C17H12F3N3O2S/c1-11-3-4-12(9-21-11)16-22-15(17(18,19)20)10-23(16)13-5-7-14(8-6-13)26(2,24)25/h3-5,7,9-10H,1-2H3. The maximum Gasteiger partial charge on any atom is 0.434 e. The number of allylic oxidation sites excluding steroid dienone is 3. The lowest BCUT2D eigenvalue weighted by Gasteiger charge is -2.08. The Bertz CT molecular complexity index is 1110. The molecule has 0 aromatic carbocycles. The summed E-state index contributed by atoms with van der Waals surface area (Å²) in [5.74, 6) is 0.0154. The molecule has 0 N–H and O–H groups in total. The van der Waals surface area contributed by atoms with E-state index in [4.69, 9.17) is 0 Å². The second-order valence-electron chi connectivity index (χ2n) is 5.61. The van der Waals surface area contributed by atoms with Gasteiger partial charge in [-0.3, -0.25) is 9.55 Å². The van der Waals surface area contributed by atoms with Crippen LogP contribution in [0, 0.1) is 6.92 Å². The van der Waals surface area contributed by atoms with Crippen molar-refractivity contribution in [1.29, 1.82) is 0 Å². The fraction of sp³-hybridized carbons (Fsp3) is 0.176. The predicted molar refractivity (Wildman–Crippen MR) is 89.4 cm³/mol. The second kappa shape index (κ2) is 6.14. The highest BCUT2D eigenvalue weighted by atomic mass is 32.2. The van der Waals surface area contributed by atoms with E-state index in [0.717, 1.165) is 12.5 Å². The summed E-state index contributed by atoms with van der Waals surface area (Å²) >= 11 is 0. The number of hydrogen-bond acceptors (Lipinski definition) is 4. The molecule has 0 saturated carbocycles. The number of imidazole rings is 1. The molecule has 1 aliphatic rings. The van der Waals surface area contributed by atoms with Crippen LogP contribution in [-0.4, -0.2) is 29.2 Å². The minimum Gasteiger partial charge on any atom is -0.292 e. The number of aryl methyl sites for hydroxylation is 1. The maximum atomic E-state index is 13.1. The van der Waals surface area contributed by atoms with E-state index in [9.17, 15) is 21.6 Å². The summed E-state index contributed by atoms with van der Waals surface area (Å²) in [5, 5.41) is 0. The molecule has 0 unspecified atom stereocenters. The quantitative estimate of drug-likeness (QED) is 0.767. The van der Waals surface area contributed by atoms with E-state index in [0.29, 0.717) is 11.3 Å². The molecule has 0 spiro atoms. The van der Waals surface area contributed by atoms with Crippen LogP contribution in [0.15, 0.2) is 53.0 Å². The van der Waals surface area contributed by atoms with Crippen molar-refractivity contribution in [2.75, 3.05) is 6.26 Å². The summed E-state index contributed by atoms with van der Waals surface area (Å²) in [5.41, 5.74) is 5.22. The van der Waals surface area contributed by atoms with Crippen molar-refractivity contribution in [2.45, 2.75) is 13.1 Å². The first-order valence-electron chi connectivity index (χ1n) is 7.30. The smallest absolute Gasteiger partial charge is 0.292 e. The Morgan fingerprint density at radius 3 is 2.38 bits per heavy atom. The van der Waals surface area contributed by atoms with E-state index in [2.05, 4.69) is 21.4 Å². The molecule has 0 saturated heterocycles. The van der Waals surface area contributed by atoms with Crippen molar-refractivity contribution in [3.8, 4) is 11.4 Å². The second-order valence-corrected chi connectivity index (χ2v) is 7.59. The van der Waals surface area contributed by atoms with Crippen LogP contribution in [0.5, 0.6) is 0 Å². The third-order valence-corrected chi connectivity index (χ3v) is 4.57. The molecule has 2 aromatic heterocycles. The fourth-order valence-electron chi connectivity index (χ4n) is 2.22. The molecule has 0 fully saturated rings. The molecule has 3 rings (SSSR count). The number of aromatic nitrogens is 3. The van der Waals surface area contributed by atoms with E-state index < -0.39 is 21.7 Å². The van der Waals surface area contributed by atoms with Gasteiger partial charge in [0.15, 0.2) is 15.5 Å². The monoisotopic (exact) mass is 379 g/mol. The van der Waals surface area contributed by atoms with E-state index in [-0.39, 0.29) is 16.4 Å². The van der Waals surface area contributed by atoms with Crippen molar-refractivity contribution in [2.24, 2.45) is 0 Å². The first-order valence-corrected chi connectivity index (χ1v) is 9.19. The van der Waals surface area contributed by atoms with Gasteiger partial charge in [-0.25, -0.2) is 13.4 Å². The average Bonchev–Trinajstić information content (AvgIpc) is 3.00. The molecule has 134 valence electrons. The van der Waals surface area contributed by atoms with Gasteiger partial charge >= 0.3 is 6.18 Å². The van der Waals surface area contributed by atoms with Crippen LogP contribution in [0.3, 0.4) is 0 Å². The zero-order valence-electron chi connectivity index (χ0n) is 13.7. The van der Waals surface area contributed by atoms with Crippen LogP contribution >= 0.6 is 0 Å². The summed E-state index contributed by atoms with van der Waals surface area (Å²) in [6, 6.07) is 3.26. The summed E-state index contributed by atoms with van der Waals surface area (Å²) in [6.45, 7) is 1.75. The highest BCUT2D eigenvalue weighted by Gasteiger charge is 2.35. The molecule has 2 heterocycles. The summed E-state index contributed by atoms with van der Waals surface area (Å²) in [6.07, 6.45) is 1.23. The van der Waals surface area contributed by atoms with Crippen LogP contribution in [0.4, 0.5) is 13.2 Å². The molecule has 26 heavy (non-hydrogen) atoms. The normalized spacial score (nSPS) is 14.3. The van der Waals surface area contributed by atoms with E-state index in [1.807, 2.05) is 0 Å². The molecule has 0 radical (unpaired) electrons. The lowest BCUT2D eigenvalue weighted by atomic mass is 10.2. The fourth-order valence-corrected chi connectivity index (χ4v) is 2.78. The third kappa shape index (κ3) is 3.55. The lowest BCUT2D eigenvalue weighted by molar-refractivity contribution is -0.140. The molecule has 0 bridgehead atoms. The number of alkyl halides is 3. The zero-order valence-corrected chi connectivity index (χ0v) is 14.5. The molecule has 9 heteroatoms. The van der Waals surface area contributed by atoms with Gasteiger partial charge in [0.2, 0.25) is 0 Å². The number of nitrogens with zero attached hydrogens (tertiary/aromatic N) is 3. The van der Waals surface area contributed by atoms with Gasteiger partial charge in [0.25, 0.3) is 0 Å². The zero-order chi connectivity index (χ0) is 19.1. The Hall–Kier alpha value is -2.86.